The summed E-state index contributed by atoms with van der Waals surface area (Å²) in [5, 5.41) is 51.1. The van der Waals surface area contributed by atoms with Crippen LogP contribution in [0.3, 0.4) is 0 Å². The number of hydrogen-bond donors (Lipinski definition) is 7. The van der Waals surface area contributed by atoms with Crippen LogP contribution in [0, 0.1) is 11.8 Å². The zero-order valence-electron chi connectivity index (χ0n) is 23.7. The van der Waals surface area contributed by atoms with E-state index >= 15 is 0 Å². The number of aliphatic hydroxyl groups excluding tert-OH is 2. The lowest BCUT2D eigenvalue weighted by Crippen LogP contribution is -2.65. The predicted octanol–water partition coefficient (Wildman–Crippen LogP) is -0.0319. The highest BCUT2D eigenvalue weighted by Crippen LogP contribution is 2.54. The topological polar surface area (TPSA) is 206 Å². The SMILES string of the molecule is CCCNCC(=O)Nc1cc(N(C)C)c2c(c1O)C(O)=C1C(=O)C3(O)C(O)=C(C(N)=O)C(=O)[C@@H](N(C)C)C3CC1C2. The van der Waals surface area contributed by atoms with Crippen LogP contribution in [0.5, 0.6) is 5.75 Å². The third kappa shape index (κ3) is 4.63. The van der Waals surface area contributed by atoms with Crippen molar-refractivity contribution in [1.29, 1.82) is 0 Å². The summed E-state index contributed by atoms with van der Waals surface area (Å²) in [5.74, 6) is -7.73. The molecule has 3 aliphatic carbocycles. The number of Topliss-reactive ketones (excluding diaryl/α,β-unsaturated/α-hetero) is 2. The second kappa shape index (κ2) is 10.8. The van der Waals surface area contributed by atoms with E-state index in [9.17, 15) is 39.6 Å². The average Bonchev–Trinajstić information content (AvgIpc) is 2.87. The number of anilines is 2. The molecule has 0 aliphatic heterocycles. The average molecular weight is 572 g/mol. The van der Waals surface area contributed by atoms with Crippen LogP contribution in [-0.2, 0) is 25.6 Å². The van der Waals surface area contributed by atoms with Crippen molar-refractivity contribution in [3.05, 3.63) is 34.1 Å². The molecule has 0 spiro atoms. The standard InChI is InChI=1S/C28H37N5O8/c1-6-7-30-11-17(34)31-15-10-16(32(2)3)13-8-12-9-14-21(33(4)5)24(37)20(27(29)40)26(39)28(14,41)25(38)18(12)23(36)19(13)22(15)35/h10,12,14,21,30,35-36,39,41H,6-9,11H2,1-5H3,(H2,29,40)(H,31,34)/t12?,14?,21-,28?/m0/s1. The fourth-order valence-corrected chi connectivity index (χ4v) is 6.36. The molecule has 0 bridgehead atoms. The number of aliphatic hydroxyl groups is 3. The Hall–Kier alpha value is -3.94. The number of primary amides is 1. The lowest BCUT2D eigenvalue weighted by molar-refractivity contribution is -0.153. The van der Waals surface area contributed by atoms with Gasteiger partial charge in [-0.3, -0.25) is 24.1 Å². The van der Waals surface area contributed by atoms with Gasteiger partial charge < -0.3 is 41.7 Å². The maximum absolute atomic E-state index is 14.0. The summed E-state index contributed by atoms with van der Waals surface area (Å²) in [6, 6.07) is 0.416. The number of nitrogens with zero attached hydrogens (tertiary/aromatic N) is 2. The lowest BCUT2D eigenvalue weighted by Gasteiger charge is -2.50. The van der Waals surface area contributed by atoms with Crippen molar-refractivity contribution in [1.82, 2.24) is 10.2 Å². The number of hydrogen-bond acceptors (Lipinski definition) is 11. The Labute approximate surface area is 237 Å². The van der Waals surface area contributed by atoms with Gasteiger partial charge in [0.05, 0.1) is 23.8 Å². The van der Waals surface area contributed by atoms with Crippen molar-refractivity contribution in [2.45, 2.75) is 37.8 Å². The van der Waals surface area contributed by atoms with Gasteiger partial charge in [0.1, 0.15) is 22.8 Å². The van der Waals surface area contributed by atoms with Crippen molar-refractivity contribution in [2.75, 3.05) is 51.5 Å². The molecule has 0 radical (unpaired) electrons. The molecule has 4 rings (SSSR count). The zero-order chi connectivity index (χ0) is 30.5. The predicted molar refractivity (Wildman–Crippen MR) is 150 cm³/mol. The van der Waals surface area contributed by atoms with Gasteiger partial charge >= 0.3 is 0 Å². The Bertz CT molecular complexity index is 1400. The molecule has 0 saturated heterocycles. The van der Waals surface area contributed by atoms with Gasteiger partial charge in [-0.15, -0.1) is 0 Å². The molecular formula is C28H37N5O8. The van der Waals surface area contributed by atoms with Crippen molar-refractivity contribution in [2.24, 2.45) is 17.6 Å². The summed E-state index contributed by atoms with van der Waals surface area (Å²) in [7, 11) is 6.59. The molecule has 13 heteroatoms. The highest BCUT2D eigenvalue weighted by Gasteiger charge is 2.64. The molecule has 4 atom stereocenters. The molecule has 1 fully saturated rings. The Kier molecular flexibility index (Phi) is 7.91. The first-order valence-electron chi connectivity index (χ1n) is 13.4. The number of phenols is 1. The molecule has 2 amide bonds. The lowest BCUT2D eigenvalue weighted by atomic mass is 9.57. The van der Waals surface area contributed by atoms with Crippen LogP contribution in [0.4, 0.5) is 11.4 Å². The fraction of sp³-hybridized carbons (Fsp3) is 0.500. The number of phenolic OH excluding ortho intramolecular Hbond substituents is 1. The number of likely N-dealkylation sites (N-methyl/N-ethyl adjacent to an activating group) is 1. The van der Waals surface area contributed by atoms with Gasteiger partial charge in [-0.05, 0) is 57.5 Å². The molecule has 8 N–H and O–H groups in total. The van der Waals surface area contributed by atoms with Crippen LogP contribution in [-0.4, -0.2) is 102 Å². The first-order chi connectivity index (χ1) is 19.2. The first kappa shape index (κ1) is 30.0. The van der Waals surface area contributed by atoms with E-state index < -0.39 is 69.7 Å². The van der Waals surface area contributed by atoms with Crippen LogP contribution >= 0.6 is 0 Å². The van der Waals surface area contributed by atoms with Crippen molar-refractivity contribution < 1.29 is 39.6 Å². The number of carbonyl (C=O) groups excluding carboxylic acids is 4. The van der Waals surface area contributed by atoms with E-state index in [4.69, 9.17) is 5.73 Å². The van der Waals surface area contributed by atoms with Gasteiger partial charge in [0.15, 0.2) is 11.4 Å². The van der Waals surface area contributed by atoms with Crippen LogP contribution in [0.2, 0.25) is 0 Å². The van der Waals surface area contributed by atoms with E-state index in [1.54, 1.807) is 39.2 Å². The van der Waals surface area contributed by atoms with Crippen LogP contribution in [0.25, 0.3) is 5.76 Å². The van der Waals surface area contributed by atoms with Crippen molar-refractivity contribution >= 4 is 40.5 Å². The summed E-state index contributed by atoms with van der Waals surface area (Å²) in [5.41, 5.74) is 2.50. The monoisotopic (exact) mass is 571 g/mol. The van der Waals surface area contributed by atoms with Gasteiger partial charge in [-0.2, -0.15) is 0 Å². The quantitative estimate of drug-likeness (QED) is 0.125. The minimum Gasteiger partial charge on any atom is -0.508 e. The fourth-order valence-electron chi connectivity index (χ4n) is 6.36. The number of fused-ring (bicyclic) bond motifs is 3. The largest absolute Gasteiger partial charge is 0.508 e. The number of benzene rings is 1. The third-order valence-electron chi connectivity index (χ3n) is 8.17. The molecule has 1 saturated carbocycles. The van der Waals surface area contributed by atoms with E-state index in [1.165, 1.54) is 4.90 Å². The second-order valence-electron chi connectivity index (χ2n) is 11.2. The molecule has 0 aromatic heterocycles. The van der Waals surface area contributed by atoms with Gasteiger partial charge in [-0.25, -0.2) is 0 Å². The molecule has 3 unspecified atom stereocenters. The molecule has 13 nitrogen and oxygen atoms in total. The highest BCUT2D eigenvalue weighted by atomic mass is 16.3. The Morgan fingerprint density at radius 1 is 1.15 bits per heavy atom. The van der Waals surface area contributed by atoms with E-state index in [0.717, 1.165) is 6.42 Å². The summed E-state index contributed by atoms with van der Waals surface area (Å²) in [6.07, 6.45) is 0.948. The van der Waals surface area contributed by atoms with E-state index in [-0.39, 0.29) is 36.2 Å². The molecular weight excluding hydrogens is 534 g/mol. The van der Waals surface area contributed by atoms with E-state index in [1.807, 2.05) is 6.92 Å². The Balaban J connectivity index is 1.90. The number of carbonyl (C=O) groups is 4. The number of aromatic hydroxyl groups is 1. The van der Waals surface area contributed by atoms with Gasteiger partial charge in [-0.1, -0.05) is 6.92 Å². The third-order valence-corrected chi connectivity index (χ3v) is 8.17. The molecule has 1 aromatic carbocycles. The molecule has 41 heavy (non-hydrogen) atoms. The van der Waals surface area contributed by atoms with Crippen molar-refractivity contribution in [3.8, 4) is 5.75 Å². The number of rotatable bonds is 8. The number of nitrogens with two attached hydrogens (primary N) is 1. The van der Waals surface area contributed by atoms with Crippen LogP contribution in [0.15, 0.2) is 23.0 Å². The maximum Gasteiger partial charge on any atom is 0.255 e. The molecule has 1 aromatic rings. The molecule has 0 heterocycles. The van der Waals surface area contributed by atoms with Crippen LogP contribution in [0.1, 0.15) is 30.9 Å². The Morgan fingerprint density at radius 2 is 1.80 bits per heavy atom. The highest BCUT2D eigenvalue weighted by molar-refractivity contribution is 6.24. The van der Waals surface area contributed by atoms with E-state index in [0.29, 0.717) is 17.8 Å². The summed E-state index contributed by atoms with van der Waals surface area (Å²) >= 11 is 0. The summed E-state index contributed by atoms with van der Waals surface area (Å²) < 4.78 is 0. The second-order valence-corrected chi connectivity index (χ2v) is 11.2. The van der Waals surface area contributed by atoms with Gasteiger partial charge in [0.2, 0.25) is 11.7 Å². The minimum absolute atomic E-state index is 0.0101. The normalized spacial score (nSPS) is 25.6. The number of ketones is 2. The van der Waals surface area contributed by atoms with E-state index in [2.05, 4.69) is 10.6 Å². The summed E-state index contributed by atoms with van der Waals surface area (Å²) in [6.45, 7) is 2.56. The Morgan fingerprint density at radius 3 is 2.37 bits per heavy atom. The zero-order valence-corrected chi connectivity index (χ0v) is 23.7. The van der Waals surface area contributed by atoms with Crippen LogP contribution < -0.4 is 21.3 Å². The van der Waals surface area contributed by atoms with Crippen molar-refractivity contribution in [3.63, 3.8) is 0 Å². The van der Waals surface area contributed by atoms with Gasteiger partial charge in [0, 0.05) is 31.3 Å². The number of nitrogens with one attached hydrogen (secondary N) is 2. The number of amides is 2. The molecule has 3 aliphatic rings. The van der Waals surface area contributed by atoms with Gasteiger partial charge in [0.25, 0.3) is 5.91 Å². The smallest absolute Gasteiger partial charge is 0.255 e. The summed E-state index contributed by atoms with van der Waals surface area (Å²) in [4.78, 5) is 55.1. The minimum atomic E-state index is -2.72. The molecule has 222 valence electrons. The maximum atomic E-state index is 14.0. The first-order valence-corrected chi connectivity index (χ1v) is 13.4.